The highest BCUT2D eigenvalue weighted by Crippen LogP contribution is 2.29. The molecule has 0 aliphatic heterocycles. The topological polar surface area (TPSA) is 62.5 Å². The summed E-state index contributed by atoms with van der Waals surface area (Å²) in [4.78, 5) is 4.40. The van der Waals surface area contributed by atoms with Gasteiger partial charge in [-0.3, -0.25) is 0 Å². The van der Waals surface area contributed by atoms with E-state index in [4.69, 9.17) is 0 Å². The van der Waals surface area contributed by atoms with Gasteiger partial charge >= 0.3 is 0 Å². The molecule has 0 saturated heterocycles. The summed E-state index contributed by atoms with van der Waals surface area (Å²) >= 11 is 0. The fraction of sp³-hybridized carbons (Fsp3) is 0.538. The lowest BCUT2D eigenvalue weighted by molar-refractivity contribution is 0.0613. The Morgan fingerprint density at radius 3 is 3.00 bits per heavy atom. The summed E-state index contributed by atoms with van der Waals surface area (Å²) < 4.78 is 1.74. The van der Waals surface area contributed by atoms with E-state index < -0.39 is 5.60 Å². The zero-order chi connectivity index (χ0) is 12.6. The predicted octanol–water partition coefficient (Wildman–Crippen LogP) is 1.75. The summed E-state index contributed by atoms with van der Waals surface area (Å²) in [6, 6.07) is 3.98. The second-order valence-electron chi connectivity index (χ2n) is 5.23. The van der Waals surface area contributed by atoms with E-state index in [9.17, 15) is 5.11 Å². The fourth-order valence-corrected chi connectivity index (χ4v) is 2.51. The van der Waals surface area contributed by atoms with E-state index >= 15 is 0 Å². The van der Waals surface area contributed by atoms with Crippen molar-refractivity contribution >= 4 is 11.6 Å². The Morgan fingerprint density at radius 1 is 1.44 bits per heavy atom. The number of aliphatic hydroxyl groups is 1. The number of fused-ring (bicyclic) bond motifs is 1. The van der Waals surface area contributed by atoms with Crippen molar-refractivity contribution in [3.63, 3.8) is 0 Å². The highest BCUT2D eigenvalue weighted by atomic mass is 16.3. The number of aromatic nitrogens is 3. The summed E-state index contributed by atoms with van der Waals surface area (Å²) in [6.45, 7) is 2.56. The largest absolute Gasteiger partial charge is 0.388 e. The van der Waals surface area contributed by atoms with Gasteiger partial charge in [-0.2, -0.15) is 4.98 Å². The van der Waals surface area contributed by atoms with Gasteiger partial charge in [-0.05, 0) is 37.5 Å². The number of hydrogen-bond donors (Lipinski definition) is 2. The lowest BCUT2D eigenvalue weighted by Gasteiger charge is -2.21. The highest BCUT2D eigenvalue weighted by molar-refractivity contribution is 5.45. The molecule has 1 aliphatic carbocycles. The van der Waals surface area contributed by atoms with Gasteiger partial charge in [0, 0.05) is 12.7 Å². The number of aryl methyl sites for hydroxylation is 1. The van der Waals surface area contributed by atoms with Crippen LogP contribution in [0, 0.1) is 6.92 Å². The minimum atomic E-state index is -0.576. The molecule has 2 aromatic rings. The van der Waals surface area contributed by atoms with Crippen LogP contribution in [0.1, 0.15) is 31.2 Å². The molecule has 1 fully saturated rings. The third-order valence-electron chi connectivity index (χ3n) is 3.60. The first-order valence-corrected chi connectivity index (χ1v) is 6.44. The molecule has 0 atom stereocenters. The maximum Gasteiger partial charge on any atom is 0.243 e. The molecule has 2 N–H and O–H groups in total. The molecule has 0 aromatic carbocycles. The second kappa shape index (κ2) is 4.24. The Labute approximate surface area is 106 Å². The van der Waals surface area contributed by atoms with Crippen LogP contribution in [0.5, 0.6) is 0 Å². The molecular formula is C13H18N4O. The molecule has 0 amide bonds. The summed E-state index contributed by atoms with van der Waals surface area (Å²) in [6.07, 6.45) is 5.85. The van der Waals surface area contributed by atoms with E-state index in [2.05, 4.69) is 15.4 Å². The maximum absolute atomic E-state index is 10.2. The molecule has 5 heteroatoms. The molecule has 0 radical (unpaired) electrons. The van der Waals surface area contributed by atoms with Crippen LogP contribution in [0.4, 0.5) is 5.95 Å². The Balaban J connectivity index is 1.74. The van der Waals surface area contributed by atoms with Gasteiger partial charge in [-0.25, -0.2) is 4.52 Å². The number of hydrogen-bond acceptors (Lipinski definition) is 4. The minimum absolute atomic E-state index is 0.531. The Morgan fingerprint density at radius 2 is 2.22 bits per heavy atom. The van der Waals surface area contributed by atoms with Crippen molar-refractivity contribution in [2.75, 3.05) is 11.9 Å². The summed E-state index contributed by atoms with van der Waals surface area (Å²) in [5, 5.41) is 17.7. The third kappa shape index (κ3) is 2.18. The van der Waals surface area contributed by atoms with E-state index in [0.29, 0.717) is 12.5 Å². The van der Waals surface area contributed by atoms with Crippen molar-refractivity contribution in [1.29, 1.82) is 0 Å². The number of anilines is 1. The van der Waals surface area contributed by atoms with Gasteiger partial charge in [0.15, 0.2) is 5.65 Å². The van der Waals surface area contributed by atoms with E-state index in [1.54, 1.807) is 4.52 Å². The summed E-state index contributed by atoms with van der Waals surface area (Å²) in [5.41, 5.74) is 1.42. The average molecular weight is 246 g/mol. The Hall–Kier alpha value is -1.62. The molecule has 0 spiro atoms. The van der Waals surface area contributed by atoms with Gasteiger partial charge < -0.3 is 10.4 Å². The molecule has 0 unspecified atom stereocenters. The normalized spacial score (nSPS) is 18.3. The lowest BCUT2D eigenvalue weighted by Crippen LogP contribution is -2.33. The first-order valence-electron chi connectivity index (χ1n) is 6.44. The average Bonchev–Trinajstić information content (AvgIpc) is 2.93. The van der Waals surface area contributed by atoms with Gasteiger partial charge in [0.25, 0.3) is 0 Å². The number of pyridine rings is 1. The van der Waals surface area contributed by atoms with Crippen LogP contribution in [0.3, 0.4) is 0 Å². The molecule has 5 nitrogen and oxygen atoms in total. The van der Waals surface area contributed by atoms with Gasteiger partial charge in [0.2, 0.25) is 5.95 Å². The standard InChI is InChI=1S/C13H18N4O/c1-10-4-7-17-11(8-10)15-12(16-17)14-9-13(18)5-2-3-6-13/h4,7-8,18H,2-3,5-6,9H2,1H3,(H,14,16). The second-order valence-corrected chi connectivity index (χ2v) is 5.23. The molecule has 18 heavy (non-hydrogen) atoms. The smallest absolute Gasteiger partial charge is 0.243 e. The van der Waals surface area contributed by atoms with Crippen molar-refractivity contribution in [2.45, 2.75) is 38.2 Å². The zero-order valence-corrected chi connectivity index (χ0v) is 10.6. The fourth-order valence-electron chi connectivity index (χ4n) is 2.51. The van der Waals surface area contributed by atoms with Crippen LogP contribution < -0.4 is 5.32 Å². The van der Waals surface area contributed by atoms with Crippen LogP contribution in [0.25, 0.3) is 5.65 Å². The van der Waals surface area contributed by atoms with E-state index in [-0.39, 0.29) is 0 Å². The molecule has 3 rings (SSSR count). The van der Waals surface area contributed by atoms with Crippen LogP contribution in [0.15, 0.2) is 18.3 Å². The van der Waals surface area contributed by atoms with Crippen molar-refractivity contribution < 1.29 is 5.11 Å². The predicted molar refractivity (Wildman–Crippen MR) is 69.6 cm³/mol. The number of nitrogens with zero attached hydrogens (tertiary/aromatic N) is 3. The van der Waals surface area contributed by atoms with Crippen LogP contribution in [0.2, 0.25) is 0 Å². The van der Waals surface area contributed by atoms with Crippen LogP contribution in [-0.4, -0.2) is 31.9 Å². The summed E-state index contributed by atoms with van der Waals surface area (Å²) in [7, 11) is 0. The van der Waals surface area contributed by atoms with Gasteiger partial charge in [-0.1, -0.05) is 12.8 Å². The first-order chi connectivity index (χ1) is 8.65. The van der Waals surface area contributed by atoms with Gasteiger partial charge in [0.1, 0.15) is 0 Å². The minimum Gasteiger partial charge on any atom is -0.388 e. The molecule has 1 saturated carbocycles. The van der Waals surface area contributed by atoms with Crippen molar-refractivity contribution in [1.82, 2.24) is 14.6 Å². The van der Waals surface area contributed by atoms with Crippen LogP contribution >= 0.6 is 0 Å². The molecule has 2 aromatic heterocycles. The van der Waals surface area contributed by atoms with E-state index in [1.807, 2.05) is 25.3 Å². The highest BCUT2D eigenvalue weighted by Gasteiger charge is 2.30. The summed E-state index contributed by atoms with van der Waals surface area (Å²) in [5.74, 6) is 0.584. The maximum atomic E-state index is 10.2. The SMILES string of the molecule is Cc1ccn2nc(NCC3(O)CCCC3)nc2c1. The molecule has 0 bridgehead atoms. The zero-order valence-electron chi connectivity index (χ0n) is 10.6. The lowest BCUT2D eigenvalue weighted by atomic mass is 10.0. The van der Waals surface area contributed by atoms with E-state index in [1.165, 1.54) is 0 Å². The monoisotopic (exact) mass is 246 g/mol. The Bertz CT molecular complexity index is 557. The Kier molecular flexibility index (Phi) is 2.70. The molecule has 96 valence electrons. The van der Waals surface area contributed by atoms with Crippen molar-refractivity contribution in [3.8, 4) is 0 Å². The third-order valence-corrected chi connectivity index (χ3v) is 3.60. The van der Waals surface area contributed by atoms with E-state index in [0.717, 1.165) is 36.9 Å². The first kappa shape index (κ1) is 11.5. The van der Waals surface area contributed by atoms with Gasteiger partial charge in [0.05, 0.1) is 5.60 Å². The van der Waals surface area contributed by atoms with Gasteiger partial charge in [-0.15, -0.1) is 5.10 Å². The number of nitrogens with one attached hydrogen (secondary N) is 1. The number of rotatable bonds is 3. The molecular weight excluding hydrogens is 228 g/mol. The molecule has 2 heterocycles. The van der Waals surface area contributed by atoms with Crippen molar-refractivity contribution in [2.24, 2.45) is 0 Å². The van der Waals surface area contributed by atoms with Crippen molar-refractivity contribution in [3.05, 3.63) is 23.9 Å². The quantitative estimate of drug-likeness (QED) is 0.866. The molecule has 1 aliphatic rings. The van der Waals surface area contributed by atoms with Crippen LogP contribution in [-0.2, 0) is 0 Å².